The van der Waals surface area contributed by atoms with Gasteiger partial charge in [0.05, 0.1) is 19.4 Å². The molecule has 0 fully saturated rings. The number of rotatable bonds is 6. The average Bonchev–Trinajstić information content (AvgIpc) is 3.16. The van der Waals surface area contributed by atoms with Crippen LogP contribution in [0.15, 0.2) is 28.0 Å². The molecule has 4 N–H and O–H groups in total. The van der Waals surface area contributed by atoms with Gasteiger partial charge in [-0.2, -0.15) is 0 Å². The van der Waals surface area contributed by atoms with Crippen molar-refractivity contribution in [3.05, 3.63) is 56.0 Å². The maximum atomic E-state index is 12.6. The van der Waals surface area contributed by atoms with E-state index in [-0.39, 0.29) is 28.8 Å². The van der Waals surface area contributed by atoms with Gasteiger partial charge in [0, 0.05) is 14.1 Å². The molecule has 3 aromatic rings. The summed E-state index contributed by atoms with van der Waals surface area (Å²) in [5.41, 5.74) is 1.86. The zero-order valence-corrected chi connectivity index (χ0v) is 22.6. The fourth-order valence-corrected chi connectivity index (χ4v) is 4.20. The third-order valence-electron chi connectivity index (χ3n) is 6.31. The molecule has 0 saturated carbocycles. The van der Waals surface area contributed by atoms with Gasteiger partial charge in [-0.05, 0) is 39.7 Å². The van der Waals surface area contributed by atoms with Crippen LogP contribution in [0.5, 0.6) is 5.75 Å². The largest absolute Gasteiger partial charge is 1.00 e. The molecule has 1 unspecified atom stereocenters. The van der Waals surface area contributed by atoms with Crippen LogP contribution in [0.1, 0.15) is 64.3 Å². The number of halogens is 1. The SMILES string of the molecule is Cn1c(=O)c2c(ncn2CC[NH2+]CC(O)c2cc(C(C)(C)C)c(O)c(C(C)(C)C)c2)n(C)c1=O.[Cl-]. The zero-order valence-electron chi connectivity index (χ0n) is 21.9. The Morgan fingerprint density at radius 3 is 2.06 bits per heavy atom. The lowest BCUT2D eigenvalue weighted by molar-refractivity contribution is -0.662. The van der Waals surface area contributed by atoms with Gasteiger partial charge in [-0.1, -0.05) is 41.5 Å². The lowest BCUT2D eigenvalue weighted by atomic mass is 9.78. The molecule has 0 aliphatic rings. The standard InChI is InChI=1S/C25H37N5O4.ClH/c1-24(2,3)16-11-15(12-17(20(16)32)25(4,5)6)18(31)13-26-9-10-30-14-27-21-19(30)22(33)29(8)23(34)28(21)7;/h11-12,14,18,26,31-32H,9-10,13H2,1-8H3;1H. The summed E-state index contributed by atoms with van der Waals surface area (Å²) in [4.78, 5) is 28.9. The maximum Gasteiger partial charge on any atom is 0.332 e. The number of quaternary nitrogens is 1. The molecule has 0 aliphatic carbocycles. The lowest BCUT2D eigenvalue weighted by Crippen LogP contribution is -3.00. The summed E-state index contributed by atoms with van der Waals surface area (Å²) < 4.78 is 4.19. The highest BCUT2D eigenvalue weighted by Crippen LogP contribution is 2.40. The molecular weight excluding hydrogens is 470 g/mol. The Bertz CT molecular complexity index is 1290. The van der Waals surface area contributed by atoms with Crippen LogP contribution in [-0.4, -0.2) is 42.0 Å². The zero-order chi connectivity index (χ0) is 25.6. The van der Waals surface area contributed by atoms with E-state index in [1.807, 2.05) is 59.0 Å². The van der Waals surface area contributed by atoms with E-state index in [0.29, 0.717) is 36.5 Å². The Morgan fingerprint density at radius 1 is 1.00 bits per heavy atom. The Balaban J connectivity index is 0.00000432. The topological polar surface area (TPSA) is 119 Å². The van der Waals surface area contributed by atoms with Crippen LogP contribution in [0, 0.1) is 0 Å². The molecule has 2 aromatic heterocycles. The number of nitrogens with zero attached hydrogens (tertiary/aromatic N) is 4. The highest BCUT2D eigenvalue weighted by atomic mass is 35.5. The number of hydrogen-bond donors (Lipinski definition) is 3. The van der Waals surface area contributed by atoms with E-state index in [9.17, 15) is 19.8 Å². The molecule has 9 nitrogen and oxygen atoms in total. The monoisotopic (exact) mass is 507 g/mol. The van der Waals surface area contributed by atoms with Crippen LogP contribution in [-0.2, 0) is 31.5 Å². The van der Waals surface area contributed by atoms with E-state index in [0.717, 1.165) is 21.3 Å². The summed E-state index contributed by atoms with van der Waals surface area (Å²) in [6.07, 6.45) is 0.858. The van der Waals surface area contributed by atoms with Crippen LogP contribution >= 0.6 is 0 Å². The van der Waals surface area contributed by atoms with Gasteiger partial charge >= 0.3 is 5.69 Å². The number of nitrogens with two attached hydrogens (primary N) is 1. The average molecular weight is 508 g/mol. The van der Waals surface area contributed by atoms with E-state index in [2.05, 4.69) is 4.98 Å². The molecule has 0 spiro atoms. The van der Waals surface area contributed by atoms with Gasteiger partial charge in [0.25, 0.3) is 5.56 Å². The summed E-state index contributed by atoms with van der Waals surface area (Å²) in [5.74, 6) is 0.294. The molecule has 35 heavy (non-hydrogen) atoms. The molecular formula is C25H38ClN5O4. The third-order valence-corrected chi connectivity index (χ3v) is 6.31. The summed E-state index contributed by atoms with van der Waals surface area (Å²) in [7, 11) is 3.05. The number of phenolic OH excluding ortho intramolecular Hbond substituents is 1. The van der Waals surface area contributed by atoms with Crippen LogP contribution in [0.3, 0.4) is 0 Å². The number of aliphatic hydroxyl groups excluding tert-OH is 1. The van der Waals surface area contributed by atoms with E-state index < -0.39 is 11.8 Å². The molecule has 1 aromatic carbocycles. The fourth-order valence-electron chi connectivity index (χ4n) is 4.20. The summed E-state index contributed by atoms with van der Waals surface area (Å²) >= 11 is 0. The van der Waals surface area contributed by atoms with E-state index in [4.69, 9.17) is 0 Å². The van der Waals surface area contributed by atoms with Crippen molar-refractivity contribution >= 4 is 11.2 Å². The minimum atomic E-state index is -0.712. The number of aryl methyl sites for hydroxylation is 1. The number of phenols is 1. The minimum absolute atomic E-state index is 0. The highest BCUT2D eigenvalue weighted by Gasteiger charge is 2.28. The van der Waals surface area contributed by atoms with E-state index >= 15 is 0 Å². The van der Waals surface area contributed by atoms with Crippen LogP contribution in [0.4, 0.5) is 0 Å². The Kier molecular flexibility index (Phi) is 8.31. The number of aromatic hydroxyl groups is 1. The highest BCUT2D eigenvalue weighted by molar-refractivity contribution is 5.69. The van der Waals surface area contributed by atoms with Crippen molar-refractivity contribution < 1.29 is 27.9 Å². The minimum Gasteiger partial charge on any atom is -1.00 e. The van der Waals surface area contributed by atoms with Crippen molar-refractivity contribution in [2.45, 2.75) is 65.0 Å². The lowest BCUT2D eigenvalue weighted by Gasteiger charge is -2.29. The number of aliphatic hydroxyl groups is 1. The summed E-state index contributed by atoms with van der Waals surface area (Å²) in [6.45, 7) is 13.8. The Labute approximate surface area is 211 Å². The second kappa shape index (κ2) is 10.2. The molecule has 0 saturated heterocycles. The Hall–Kier alpha value is -2.62. The molecule has 1 atom stereocenters. The van der Waals surface area contributed by atoms with Crippen molar-refractivity contribution in [3.63, 3.8) is 0 Å². The molecule has 0 bridgehead atoms. The van der Waals surface area contributed by atoms with Gasteiger partial charge in [-0.3, -0.25) is 13.9 Å². The van der Waals surface area contributed by atoms with Gasteiger partial charge in [0.1, 0.15) is 18.4 Å². The molecule has 2 heterocycles. The van der Waals surface area contributed by atoms with Gasteiger partial charge in [-0.15, -0.1) is 0 Å². The first-order chi connectivity index (χ1) is 15.6. The van der Waals surface area contributed by atoms with Crippen LogP contribution < -0.4 is 29.0 Å². The quantitative estimate of drug-likeness (QED) is 0.335. The number of hydrogen-bond acceptors (Lipinski definition) is 5. The van der Waals surface area contributed by atoms with Crippen molar-refractivity contribution in [1.82, 2.24) is 18.7 Å². The van der Waals surface area contributed by atoms with Gasteiger partial charge in [0.15, 0.2) is 11.2 Å². The maximum absolute atomic E-state index is 12.6. The van der Waals surface area contributed by atoms with Crippen LogP contribution in [0.25, 0.3) is 11.2 Å². The predicted octanol–water partition coefficient (Wildman–Crippen LogP) is -1.96. The number of fused-ring (bicyclic) bond motifs is 1. The van der Waals surface area contributed by atoms with Crippen molar-refractivity contribution in [1.29, 1.82) is 0 Å². The first-order valence-corrected chi connectivity index (χ1v) is 11.6. The van der Waals surface area contributed by atoms with Crippen molar-refractivity contribution in [3.8, 4) is 5.75 Å². The van der Waals surface area contributed by atoms with Gasteiger partial charge in [-0.25, -0.2) is 9.78 Å². The van der Waals surface area contributed by atoms with Crippen molar-refractivity contribution in [2.24, 2.45) is 14.1 Å². The number of aromatic nitrogens is 4. The predicted molar refractivity (Wildman–Crippen MR) is 132 cm³/mol. The molecule has 0 amide bonds. The summed E-state index contributed by atoms with van der Waals surface area (Å²) in [5, 5.41) is 23.8. The Morgan fingerprint density at radius 2 is 1.54 bits per heavy atom. The normalized spacial score (nSPS) is 13.2. The van der Waals surface area contributed by atoms with Gasteiger partial charge < -0.3 is 32.5 Å². The number of imidazole rings is 1. The summed E-state index contributed by atoms with van der Waals surface area (Å²) in [6, 6.07) is 3.80. The molecule has 3 rings (SSSR count). The molecule has 194 valence electrons. The second-order valence-electron chi connectivity index (χ2n) is 11.1. The fraction of sp³-hybridized carbons (Fsp3) is 0.560. The molecule has 10 heteroatoms. The number of benzene rings is 1. The molecule has 0 aliphatic heterocycles. The second-order valence-corrected chi connectivity index (χ2v) is 11.1. The first-order valence-electron chi connectivity index (χ1n) is 11.6. The smallest absolute Gasteiger partial charge is 0.332 e. The molecule has 0 radical (unpaired) electrons. The van der Waals surface area contributed by atoms with Gasteiger partial charge in [0.2, 0.25) is 0 Å². The van der Waals surface area contributed by atoms with Crippen LogP contribution in [0.2, 0.25) is 0 Å². The van der Waals surface area contributed by atoms with E-state index in [1.54, 1.807) is 17.9 Å². The van der Waals surface area contributed by atoms with Crippen molar-refractivity contribution in [2.75, 3.05) is 13.1 Å². The third kappa shape index (κ3) is 5.63. The van der Waals surface area contributed by atoms with E-state index in [1.165, 1.54) is 11.6 Å². The first kappa shape index (κ1) is 28.6.